The molecule has 0 saturated carbocycles. The normalized spacial score (nSPS) is 10.7. The molecule has 0 radical (unpaired) electrons. The molecule has 4 aromatic rings. The summed E-state index contributed by atoms with van der Waals surface area (Å²) in [5, 5.41) is 5.92. The van der Waals surface area contributed by atoms with Gasteiger partial charge in [-0.2, -0.15) is 0 Å². The minimum absolute atomic E-state index is 0.239. The van der Waals surface area contributed by atoms with E-state index in [0.29, 0.717) is 11.2 Å². The highest BCUT2D eigenvalue weighted by atomic mass is 79.9. The molecule has 0 saturated heterocycles. The number of rotatable bonds is 5. The van der Waals surface area contributed by atoms with Crippen LogP contribution in [0, 0.1) is 0 Å². The smallest absolute Gasteiger partial charge is 0.287 e. The number of furan rings is 1. The van der Waals surface area contributed by atoms with Gasteiger partial charge in [0.2, 0.25) is 0 Å². The van der Waals surface area contributed by atoms with Crippen LogP contribution in [0.25, 0.3) is 21.8 Å². The van der Waals surface area contributed by atoms with E-state index in [1.54, 1.807) is 23.5 Å². The summed E-state index contributed by atoms with van der Waals surface area (Å²) < 4.78 is 5.78. The van der Waals surface area contributed by atoms with Crippen molar-refractivity contribution in [3.05, 3.63) is 88.1 Å². The lowest BCUT2D eigenvalue weighted by Gasteiger charge is -2.04. The monoisotopic (exact) mass is 438 g/mol. The number of nitrogens with zero attached hydrogens (tertiary/aromatic N) is 1. The fourth-order valence-corrected chi connectivity index (χ4v) is 3.76. The van der Waals surface area contributed by atoms with Crippen molar-refractivity contribution in [2.45, 2.75) is 6.54 Å². The molecule has 27 heavy (non-hydrogen) atoms. The summed E-state index contributed by atoms with van der Waals surface area (Å²) in [6.07, 6.45) is 0. The van der Waals surface area contributed by atoms with Gasteiger partial charge < -0.3 is 9.73 Å². The summed E-state index contributed by atoms with van der Waals surface area (Å²) in [5.74, 6) is 0.0474. The summed E-state index contributed by atoms with van der Waals surface area (Å²) in [7, 11) is 0. The topological polar surface area (TPSA) is 55.1 Å². The second kappa shape index (κ2) is 7.90. The van der Waals surface area contributed by atoms with Crippen molar-refractivity contribution in [2.24, 2.45) is 0 Å². The van der Waals surface area contributed by atoms with Crippen molar-refractivity contribution in [2.75, 3.05) is 0 Å². The molecule has 134 valence electrons. The Hall–Kier alpha value is -2.70. The highest BCUT2D eigenvalue weighted by Crippen LogP contribution is 2.28. The standard InChI is InChI=1S/C21H15BrN2O2S/c22-19-11-10-18(26-19)20(25)23-12-14-6-8-15(9-7-14)17-13-27-21(24-17)16-4-2-1-3-5-16/h1-11,13H,12H2,(H,23,25). The molecule has 6 heteroatoms. The number of hydrogen-bond donors (Lipinski definition) is 1. The molecule has 1 amide bonds. The molecular weight excluding hydrogens is 424 g/mol. The lowest BCUT2D eigenvalue weighted by molar-refractivity contribution is 0.0922. The number of carbonyl (C=O) groups excluding carboxylic acids is 1. The molecule has 2 aromatic carbocycles. The molecule has 0 unspecified atom stereocenters. The number of halogens is 1. The molecule has 0 bridgehead atoms. The zero-order chi connectivity index (χ0) is 18.6. The lowest BCUT2D eigenvalue weighted by atomic mass is 10.1. The fraction of sp³-hybridized carbons (Fsp3) is 0.0476. The minimum atomic E-state index is -0.239. The summed E-state index contributed by atoms with van der Waals surface area (Å²) in [6.45, 7) is 0.434. The number of carbonyl (C=O) groups is 1. The van der Waals surface area contributed by atoms with E-state index in [4.69, 9.17) is 9.40 Å². The highest BCUT2D eigenvalue weighted by molar-refractivity contribution is 9.10. The Morgan fingerprint density at radius 3 is 2.48 bits per heavy atom. The van der Waals surface area contributed by atoms with Gasteiger partial charge in [0, 0.05) is 23.1 Å². The summed E-state index contributed by atoms with van der Waals surface area (Å²) >= 11 is 4.82. The van der Waals surface area contributed by atoms with Crippen LogP contribution in [-0.4, -0.2) is 10.9 Å². The molecule has 0 atom stereocenters. The predicted molar refractivity (Wildman–Crippen MR) is 111 cm³/mol. The van der Waals surface area contributed by atoms with E-state index in [1.807, 2.05) is 42.5 Å². The Bertz CT molecular complexity index is 1060. The SMILES string of the molecule is O=C(NCc1ccc(-c2csc(-c3ccccc3)n2)cc1)c1ccc(Br)o1. The van der Waals surface area contributed by atoms with E-state index < -0.39 is 0 Å². The number of nitrogens with one attached hydrogen (secondary N) is 1. The van der Waals surface area contributed by atoms with Crippen molar-refractivity contribution in [3.8, 4) is 21.8 Å². The molecule has 1 N–H and O–H groups in total. The van der Waals surface area contributed by atoms with Crippen molar-refractivity contribution < 1.29 is 9.21 Å². The van der Waals surface area contributed by atoms with Crippen LogP contribution in [0.4, 0.5) is 0 Å². The maximum absolute atomic E-state index is 12.0. The van der Waals surface area contributed by atoms with Crippen LogP contribution in [0.2, 0.25) is 0 Å². The van der Waals surface area contributed by atoms with Crippen LogP contribution in [-0.2, 0) is 6.54 Å². The molecule has 2 heterocycles. The largest absolute Gasteiger partial charge is 0.444 e. The summed E-state index contributed by atoms with van der Waals surface area (Å²) in [6, 6.07) is 21.5. The number of hydrogen-bond acceptors (Lipinski definition) is 4. The zero-order valence-electron chi connectivity index (χ0n) is 14.2. The Labute approximate surface area is 169 Å². The first kappa shape index (κ1) is 17.7. The maximum atomic E-state index is 12.0. The Balaban J connectivity index is 1.42. The van der Waals surface area contributed by atoms with Crippen molar-refractivity contribution in [3.63, 3.8) is 0 Å². The van der Waals surface area contributed by atoms with Crippen molar-refractivity contribution in [1.82, 2.24) is 10.3 Å². The first-order valence-corrected chi connectivity index (χ1v) is 10.00. The van der Waals surface area contributed by atoms with E-state index in [1.165, 1.54) is 0 Å². The third-order valence-corrected chi connectivity index (χ3v) is 5.34. The summed E-state index contributed by atoms with van der Waals surface area (Å²) in [4.78, 5) is 16.8. The minimum Gasteiger partial charge on any atom is -0.444 e. The zero-order valence-corrected chi connectivity index (χ0v) is 16.6. The quantitative estimate of drug-likeness (QED) is 0.430. The molecule has 4 rings (SSSR count). The van der Waals surface area contributed by atoms with Crippen molar-refractivity contribution in [1.29, 1.82) is 0 Å². The molecule has 0 fully saturated rings. The first-order chi connectivity index (χ1) is 13.2. The Kier molecular flexibility index (Phi) is 5.18. The van der Waals surface area contributed by atoms with Gasteiger partial charge in [-0.15, -0.1) is 11.3 Å². The molecule has 0 aliphatic heterocycles. The average Bonchev–Trinajstić information content (AvgIpc) is 3.37. The van der Waals surface area contributed by atoms with Gasteiger partial charge in [0.1, 0.15) is 5.01 Å². The Morgan fingerprint density at radius 1 is 1.00 bits per heavy atom. The van der Waals surface area contributed by atoms with E-state index in [-0.39, 0.29) is 11.7 Å². The van der Waals surface area contributed by atoms with E-state index in [0.717, 1.165) is 27.4 Å². The van der Waals surface area contributed by atoms with Crippen molar-refractivity contribution >= 4 is 33.2 Å². The van der Waals surface area contributed by atoms with E-state index in [9.17, 15) is 4.79 Å². The first-order valence-electron chi connectivity index (χ1n) is 8.33. The van der Waals surface area contributed by atoms with E-state index >= 15 is 0 Å². The van der Waals surface area contributed by atoms with E-state index in [2.05, 4.69) is 38.8 Å². The van der Waals surface area contributed by atoms with Gasteiger partial charge >= 0.3 is 0 Å². The molecule has 0 aliphatic carbocycles. The molecule has 0 spiro atoms. The van der Waals surface area contributed by atoms with Gasteiger partial charge in [0.25, 0.3) is 5.91 Å². The fourth-order valence-electron chi connectivity index (χ4n) is 2.62. The van der Waals surface area contributed by atoms with Crippen LogP contribution >= 0.6 is 27.3 Å². The average molecular weight is 439 g/mol. The van der Waals surface area contributed by atoms with Gasteiger partial charge in [-0.3, -0.25) is 4.79 Å². The van der Waals surface area contributed by atoms with Crippen LogP contribution in [0.1, 0.15) is 16.1 Å². The second-order valence-electron chi connectivity index (χ2n) is 5.89. The number of benzene rings is 2. The second-order valence-corrected chi connectivity index (χ2v) is 7.53. The lowest BCUT2D eigenvalue weighted by Crippen LogP contribution is -2.22. The highest BCUT2D eigenvalue weighted by Gasteiger charge is 2.10. The Morgan fingerprint density at radius 2 is 1.78 bits per heavy atom. The van der Waals surface area contributed by atoms with Crippen LogP contribution < -0.4 is 5.32 Å². The molecule has 2 aromatic heterocycles. The third kappa shape index (κ3) is 4.18. The number of aromatic nitrogens is 1. The predicted octanol–water partition coefficient (Wildman–Crippen LogP) is 5.76. The van der Waals surface area contributed by atoms with Gasteiger partial charge in [0.05, 0.1) is 5.69 Å². The third-order valence-electron chi connectivity index (χ3n) is 4.02. The van der Waals surface area contributed by atoms with Gasteiger partial charge in [0.15, 0.2) is 10.4 Å². The number of amides is 1. The molecule has 0 aliphatic rings. The van der Waals surface area contributed by atoms with Gasteiger partial charge in [-0.1, -0.05) is 54.6 Å². The number of thiazole rings is 1. The van der Waals surface area contributed by atoms with Gasteiger partial charge in [-0.05, 0) is 33.6 Å². The molecular formula is C21H15BrN2O2S. The van der Waals surface area contributed by atoms with Crippen LogP contribution in [0.3, 0.4) is 0 Å². The van der Waals surface area contributed by atoms with Crippen LogP contribution in [0.5, 0.6) is 0 Å². The van der Waals surface area contributed by atoms with Gasteiger partial charge in [-0.25, -0.2) is 4.98 Å². The molecule has 4 nitrogen and oxygen atoms in total. The van der Waals surface area contributed by atoms with Crippen LogP contribution in [0.15, 0.2) is 81.2 Å². The maximum Gasteiger partial charge on any atom is 0.287 e. The summed E-state index contributed by atoms with van der Waals surface area (Å²) in [5.41, 5.74) is 4.14.